The molecule has 4 nitrogen and oxygen atoms in total. The number of thiophene rings is 1. The molecule has 25 heavy (non-hydrogen) atoms. The van der Waals surface area contributed by atoms with Gasteiger partial charge in [-0.2, -0.15) is 0 Å². The summed E-state index contributed by atoms with van der Waals surface area (Å²) in [6, 6.07) is 7.16. The molecule has 7 heteroatoms. The second kappa shape index (κ2) is 8.96. The van der Waals surface area contributed by atoms with Crippen LogP contribution >= 0.6 is 43.2 Å². The van der Waals surface area contributed by atoms with E-state index in [2.05, 4.69) is 51.0 Å². The summed E-state index contributed by atoms with van der Waals surface area (Å²) in [5.41, 5.74) is 1.82. The molecule has 0 saturated heterocycles. The number of ether oxygens (including phenoxy) is 1. The monoisotopic (exact) mass is 487 g/mol. The van der Waals surface area contributed by atoms with Gasteiger partial charge in [0.1, 0.15) is 5.00 Å². The maximum atomic E-state index is 12.6. The quantitative estimate of drug-likeness (QED) is 0.515. The maximum absolute atomic E-state index is 12.6. The molecule has 0 radical (unpaired) electrons. The molecule has 0 bridgehead atoms. The van der Waals surface area contributed by atoms with Crippen molar-refractivity contribution in [3.8, 4) is 0 Å². The van der Waals surface area contributed by atoms with Crippen molar-refractivity contribution in [2.45, 2.75) is 27.2 Å². The van der Waals surface area contributed by atoms with Gasteiger partial charge in [-0.05, 0) is 68.8 Å². The van der Waals surface area contributed by atoms with Crippen molar-refractivity contribution in [3.05, 3.63) is 49.2 Å². The summed E-state index contributed by atoms with van der Waals surface area (Å²) in [5.74, 6) is -0.323. The molecule has 2 rings (SSSR count). The first-order chi connectivity index (χ1) is 11.8. The normalized spacial score (nSPS) is 10.8. The summed E-state index contributed by atoms with van der Waals surface area (Å²) in [6.07, 6.45) is 0.718. The average Bonchev–Trinajstić information content (AvgIpc) is 2.82. The molecule has 0 aliphatic rings. The summed E-state index contributed by atoms with van der Waals surface area (Å²) in [6.45, 7) is 6.21. The Morgan fingerprint density at radius 1 is 1.24 bits per heavy atom. The van der Waals surface area contributed by atoms with Gasteiger partial charge < -0.3 is 10.1 Å². The number of amides is 1. The van der Waals surface area contributed by atoms with E-state index in [1.165, 1.54) is 11.3 Å². The van der Waals surface area contributed by atoms with Crippen molar-refractivity contribution < 1.29 is 14.3 Å². The summed E-state index contributed by atoms with van der Waals surface area (Å²) in [7, 11) is 0. The number of anilines is 1. The van der Waals surface area contributed by atoms with Gasteiger partial charge in [0.05, 0.1) is 21.5 Å². The van der Waals surface area contributed by atoms with Crippen LogP contribution in [0.1, 0.15) is 47.1 Å². The van der Waals surface area contributed by atoms with Gasteiger partial charge in [0, 0.05) is 4.47 Å². The summed E-state index contributed by atoms with van der Waals surface area (Å²) in [4.78, 5) is 25.1. The molecular formula is C18H19Br2NO3S. The first-order valence-corrected chi connectivity index (χ1v) is 10.3. The highest BCUT2D eigenvalue weighted by Crippen LogP contribution is 2.39. The summed E-state index contributed by atoms with van der Waals surface area (Å²) >= 11 is 8.24. The van der Waals surface area contributed by atoms with Gasteiger partial charge >= 0.3 is 5.97 Å². The Morgan fingerprint density at radius 2 is 1.92 bits per heavy atom. The van der Waals surface area contributed by atoms with Crippen LogP contribution in [0.3, 0.4) is 0 Å². The number of nitrogens with one attached hydrogen (secondary N) is 1. The minimum absolute atomic E-state index is 0.275. The number of carbonyl (C=O) groups is 2. The van der Waals surface area contributed by atoms with Crippen molar-refractivity contribution in [2.24, 2.45) is 5.92 Å². The van der Waals surface area contributed by atoms with Gasteiger partial charge in [0.25, 0.3) is 5.91 Å². The highest BCUT2D eigenvalue weighted by atomic mass is 79.9. The van der Waals surface area contributed by atoms with Gasteiger partial charge in [-0.25, -0.2) is 4.79 Å². The third kappa shape index (κ3) is 4.92. The molecule has 1 heterocycles. The molecule has 0 fully saturated rings. The molecule has 1 aromatic carbocycles. The van der Waals surface area contributed by atoms with Crippen LogP contribution in [0.2, 0.25) is 0 Å². The Bertz CT molecular complexity index is 787. The van der Waals surface area contributed by atoms with Crippen LogP contribution in [0.5, 0.6) is 0 Å². The highest BCUT2D eigenvalue weighted by molar-refractivity contribution is 9.11. The predicted octanol–water partition coefficient (Wildman–Crippen LogP) is 5.90. The first kappa shape index (κ1) is 20.1. The Morgan fingerprint density at radius 3 is 2.52 bits per heavy atom. The fourth-order valence-electron chi connectivity index (χ4n) is 2.35. The van der Waals surface area contributed by atoms with Crippen LogP contribution in [-0.2, 0) is 11.2 Å². The van der Waals surface area contributed by atoms with Crippen LogP contribution in [0, 0.1) is 5.92 Å². The lowest BCUT2D eigenvalue weighted by atomic mass is 10.0. The predicted molar refractivity (Wildman–Crippen MR) is 109 cm³/mol. The lowest BCUT2D eigenvalue weighted by Crippen LogP contribution is -2.16. The van der Waals surface area contributed by atoms with E-state index in [9.17, 15) is 9.59 Å². The van der Waals surface area contributed by atoms with E-state index < -0.39 is 5.97 Å². The molecule has 0 unspecified atom stereocenters. The lowest BCUT2D eigenvalue weighted by molar-refractivity contribution is 0.0526. The largest absolute Gasteiger partial charge is 0.462 e. The molecule has 0 atom stereocenters. The van der Waals surface area contributed by atoms with Crippen LogP contribution < -0.4 is 5.32 Å². The zero-order valence-corrected chi connectivity index (χ0v) is 18.2. The van der Waals surface area contributed by atoms with E-state index in [4.69, 9.17) is 4.74 Å². The Labute approximate surface area is 168 Å². The van der Waals surface area contributed by atoms with Crippen LogP contribution in [0.15, 0.2) is 32.5 Å². The highest BCUT2D eigenvalue weighted by Gasteiger charge is 2.26. The van der Waals surface area contributed by atoms with E-state index in [0.717, 1.165) is 15.8 Å². The summed E-state index contributed by atoms with van der Waals surface area (Å²) < 4.78 is 6.74. The van der Waals surface area contributed by atoms with E-state index in [1.807, 2.05) is 6.07 Å². The van der Waals surface area contributed by atoms with Crippen molar-refractivity contribution >= 4 is 60.1 Å². The average molecular weight is 489 g/mol. The second-order valence-electron chi connectivity index (χ2n) is 5.81. The van der Waals surface area contributed by atoms with Gasteiger partial charge in [0.2, 0.25) is 0 Å². The van der Waals surface area contributed by atoms with Gasteiger partial charge in [0.15, 0.2) is 0 Å². The Balaban J connectivity index is 2.41. The van der Waals surface area contributed by atoms with E-state index in [0.29, 0.717) is 26.5 Å². The maximum Gasteiger partial charge on any atom is 0.341 e. The SMILES string of the molecule is CCOC(=O)c1c(NC(=O)c2ccccc2Br)sc(Br)c1CC(C)C. The molecule has 134 valence electrons. The second-order valence-corrected chi connectivity index (χ2v) is 9.00. The van der Waals surface area contributed by atoms with Crippen molar-refractivity contribution in [1.29, 1.82) is 0 Å². The minimum Gasteiger partial charge on any atom is -0.462 e. The molecule has 2 aromatic rings. The molecule has 0 spiro atoms. The van der Waals surface area contributed by atoms with E-state index in [-0.39, 0.29) is 12.5 Å². The molecule has 1 N–H and O–H groups in total. The molecule has 0 aliphatic carbocycles. The van der Waals surface area contributed by atoms with Crippen molar-refractivity contribution in [2.75, 3.05) is 11.9 Å². The number of carbonyl (C=O) groups excluding carboxylic acids is 2. The van der Waals surface area contributed by atoms with Gasteiger partial charge in [-0.3, -0.25) is 4.79 Å². The van der Waals surface area contributed by atoms with Crippen LogP contribution in [-0.4, -0.2) is 18.5 Å². The van der Waals surface area contributed by atoms with Crippen molar-refractivity contribution in [1.82, 2.24) is 0 Å². The molecule has 0 saturated carbocycles. The number of rotatable bonds is 6. The third-order valence-corrected chi connectivity index (χ3v) is 5.99. The zero-order valence-electron chi connectivity index (χ0n) is 14.2. The van der Waals surface area contributed by atoms with Gasteiger partial charge in [-0.1, -0.05) is 26.0 Å². The standard InChI is InChI=1S/C18H19Br2NO3S/c1-4-24-18(23)14-12(9-10(2)3)15(20)25-17(14)21-16(22)11-7-5-6-8-13(11)19/h5-8,10H,4,9H2,1-3H3,(H,21,22). The topological polar surface area (TPSA) is 55.4 Å². The van der Waals surface area contributed by atoms with Crippen molar-refractivity contribution in [3.63, 3.8) is 0 Å². The number of hydrogen-bond acceptors (Lipinski definition) is 4. The van der Waals surface area contributed by atoms with Crippen LogP contribution in [0.25, 0.3) is 0 Å². The molecule has 1 amide bonds. The lowest BCUT2D eigenvalue weighted by Gasteiger charge is -2.10. The smallest absolute Gasteiger partial charge is 0.341 e. The fourth-order valence-corrected chi connectivity index (χ4v) is 4.60. The number of hydrogen-bond donors (Lipinski definition) is 1. The summed E-state index contributed by atoms with van der Waals surface area (Å²) in [5, 5.41) is 3.36. The number of benzene rings is 1. The fraction of sp³-hybridized carbons (Fsp3) is 0.333. The third-order valence-electron chi connectivity index (χ3n) is 3.40. The van der Waals surface area contributed by atoms with Crippen LogP contribution in [0.4, 0.5) is 5.00 Å². The Kier molecular flexibility index (Phi) is 7.22. The molecular weight excluding hydrogens is 470 g/mol. The number of esters is 1. The Hall–Kier alpha value is -1.18. The first-order valence-electron chi connectivity index (χ1n) is 7.89. The minimum atomic E-state index is -0.414. The zero-order chi connectivity index (χ0) is 18.6. The van der Waals surface area contributed by atoms with E-state index >= 15 is 0 Å². The van der Waals surface area contributed by atoms with E-state index in [1.54, 1.807) is 25.1 Å². The number of halogens is 2. The molecule has 1 aromatic heterocycles. The molecule has 0 aliphatic heterocycles. The van der Waals surface area contributed by atoms with Gasteiger partial charge in [-0.15, -0.1) is 11.3 Å².